The van der Waals surface area contributed by atoms with E-state index in [-0.39, 0.29) is 30.2 Å². The van der Waals surface area contributed by atoms with Gasteiger partial charge in [-0.05, 0) is 38.3 Å². The van der Waals surface area contributed by atoms with Gasteiger partial charge in [0.05, 0.1) is 23.4 Å². The largest absolute Gasteiger partial charge is 0.371 e. The fourth-order valence-corrected chi connectivity index (χ4v) is 4.45. The standard InChI is InChI=1S/C23H29N5O4/c1-4-5-11-26(3)21(29)16-9-12-27(13-10-16)19-8-6-7-17-20(19)23(31)28(22(17)30)14-18-15(2)24-32-25-18/h6-8,16H,4-5,9-14H2,1-3H3. The minimum absolute atomic E-state index is 0.00124. The van der Waals surface area contributed by atoms with Crippen molar-refractivity contribution in [3.8, 4) is 0 Å². The zero-order chi connectivity index (χ0) is 22.8. The average Bonchev–Trinajstić information content (AvgIpc) is 3.33. The number of fused-ring (bicyclic) bond motifs is 1. The predicted molar refractivity (Wildman–Crippen MR) is 117 cm³/mol. The van der Waals surface area contributed by atoms with Crippen molar-refractivity contribution in [1.29, 1.82) is 0 Å². The summed E-state index contributed by atoms with van der Waals surface area (Å²) in [6, 6.07) is 5.37. The lowest BCUT2D eigenvalue weighted by Crippen LogP contribution is -2.42. The Morgan fingerprint density at radius 1 is 1.19 bits per heavy atom. The molecule has 2 aromatic rings. The first-order valence-electron chi connectivity index (χ1n) is 11.2. The highest BCUT2D eigenvalue weighted by Gasteiger charge is 2.40. The highest BCUT2D eigenvalue weighted by atomic mass is 16.6. The molecule has 0 aliphatic carbocycles. The lowest BCUT2D eigenvalue weighted by atomic mass is 9.94. The maximum absolute atomic E-state index is 13.2. The molecule has 170 valence electrons. The van der Waals surface area contributed by atoms with Crippen molar-refractivity contribution in [3.63, 3.8) is 0 Å². The monoisotopic (exact) mass is 439 g/mol. The van der Waals surface area contributed by atoms with E-state index in [9.17, 15) is 14.4 Å². The number of rotatable bonds is 7. The third kappa shape index (κ3) is 3.99. The molecule has 32 heavy (non-hydrogen) atoms. The van der Waals surface area contributed by atoms with Crippen LogP contribution in [0, 0.1) is 12.8 Å². The van der Waals surface area contributed by atoms with E-state index in [1.807, 2.05) is 24.1 Å². The minimum atomic E-state index is -0.336. The van der Waals surface area contributed by atoms with Crippen LogP contribution in [0.4, 0.5) is 5.69 Å². The second kappa shape index (κ2) is 9.10. The number of anilines is 1. The van der Waals surface area contributed by atoms with Crippen LogP contribution < -0.4 is 4.90 Å². The van der Waals surface area contributed by atoms with Gasteiger partial charge in [0.2, 0.25) is 5.91 Å². The van der Waals surface area contributed by atoms with Crippen LogP contribution in [0.3, 0.4) is 0 Å². The molecule has 0 radical (unpaired) electrons. The molecule has 9 heteroatoms. The van der Waals surface area contributed by atoms with Gasteiger partial charge in [-0.25, -0.2) is 4.63 Å². The molecule has 3 amide bonds. The van der Waals surface area contributed by atoms with Crippen molar-refractivity contribution in [2.75, 3.05) is 31.6 Å². The molecule has 0 atom stereocenters. The molecule has 9 nitrogen and oxygen atoms in total. The van der Waals surface area contributed by atoms with Crippen molar-refractivity contribution in [3.05, 3.63) is 40.7 Å². The number of hydrogen-bond acceptors (Lipinski definition) is 7. The average molecular weight is 440 g/mol. The Bertz CT molecular complexity index is 1030. The highest BCUT2D eigenvalue weighted by molar-refractivity contribution is 6.23. The Labute approximate surface area is 187 Å². The summed E-state index contributed by atoms with van der Waals surface area (Å²) in [4.78, 5) is 44.0. The summed E-state index contributed by atoms with van der Waals surface area (Å²) in [6.45, 7) is 5.99. The van der Waals surface area contributed by atoms with Gasteiger partial charge in [-0.2, -0.15) is 0 Å². The second-order valence-electron chi connectivity index (χ2n) is 8.57. The van der Waals surface area contributed by atoms with Crippen molar-refractivity contribution >= 4 is 23.4 Å². The molecule has 1 aromatic heterocycles. The smallest absolute Gasteiger partial charge is 0.264 e. The van der Waals surface area contributed by atoms with E-state index in [4.69, 9.17) is 4.63 Å². The van der Waals surface area contributed by atoms with Gasteiger partial charge in [0.1, 0.15) is 11.4 Å². The Kier molecular flexibility index (Phi) is 6.25. The van der Waals surface area contributed by atoms with Crippen LogP contribution >= 0.6 is 0 Å². The van der Waals surface area contributed by atoms with Gasteiger partial charge in [0.15, 0.2) is 0 Å². The lowest BCUT2D eigenvalue weighted by Gasteiger charge is -2.35. The number of imide groups is 1. The van der Waals surface area contributed by atoms with Crippen LogP contribution in [0.2, 0.25) is 0 Å². The third-order valence-electron chi connectivity index (χ3n) is 6.44. The molecular weight excluding hydrogens is 410 g/mol. The molecule has 1 saturated heterocycles. The Hall–Kier alpha value is -3.23. The molecular formula is C23H29N5O4. The molecule has 0 saturated carbocycles. The lowest BCUT2D eigenvalue weighted by molar-refractivity contribution is -0.134. The van der Waals surface area contributed by atoms with E-state index in [0.29, 0.717) is 35.6 Å². The normalized spacial score (nSPS) is 16.6. The van der Waals surface area contributed by atoms with Gasteiger partial charge in [-0.15, -0.1) is 0 Å². The SMILES string of the molecule is CCCCN(C)C(=O)C1CCN(c2cccc3c2C(=O)N(Cc2nonc2C)C3=O)CC1. The fraction of sp³-hybridized carbons (Fsp3) is 0.522. The summed E-state index contributed by atoms with van der Waals surface area (Å²) >= 11 is 0. The Balaban J connectivity index is 1.48. The Morgan fingerprint density at radius 3 is 2.59 bits per heavy atom. The topological polar surface area (TPSA) is 99.9 Å². The molecule has 4 rings (SSSR count). The molecule has 0 unspecified atom stereocenters. The number of hydrogen-bond donors (Lipinski definition) is 0. The number of aryl methyl sites for hydroxylation is 1. The molecule has 0 bridgehead atoms. The molecule has 0 N–H and O–H groups in total. The summed E-state index contributed by atoms with van der Waals surface area (Å²) in [6.07, 6.45) is 3.53. The summed E-state index contributed by atoms with van der Waals surface area (Å²) in [5, 5.41) is 7.53. The number of nitrogens with zero attached hydrogens (tertiary/aromatic N) is 5. The number of amides is 3. The summed E-state index contributed by atoms with van der Waals surface area (Å²) in [5.41, 5.74) is 2.60. The van der Waals surface area contributed by atoms with E-state index in [1.165, 1.54) is 4.90 Å². The second-order valence-corrected chi connectivity index (χ2v) is 8.57. The van der Waals surface area contributed by atoms with Gasteiger partial charge in [-0.1, -0.05) is 29.7 Å². The van der Waals surface area contributed by atoms with Gasteiger partial charge >= 0.3 is 0 Å². The van der Waals surface area contributed by atoms with Gasteiger partial charge < -0.3 is 9.80 Å². The first kappa shape index (κ1) is 22.0. The van der Waals surface area contributed by atoms with Crippen molar-refractivity contribution in [1.82, 2.24) is 20.1 Å². The zero-order valence-electron chi connectivity index (χ0n) is 18.8. The predicted octanol–water partition coefficient (Wildman–Crippen LogP) is 2.65. The molecule has 3 heterocycles. The van der Waals surface area contributed by atoms with Crippen molar-refractivity contribution < 1.29 is 19.0 Å². The van der Waals surface area contributed by atoms with Crippen LogP contribution in [-0.4, -0.2) is 64.5 Å². The fourth-order valence-electron chi connectivity index (χ4n) is 4.45. The van der Waals surface area contributed by atoms with Crippen LogP contribution in [0.5, 0.6) is 0 Å². The molecule has 1 fully saturated rings. The van der Waals surface area contributed by atoms with E-state index in [2.05, 4.69) is 22.1 Å². The van der Waals surface area contributed by atoms with E-state index >= 15 is 0 Å². The van der Waals surface area contributed by atoms with Crippen LogP contribution in [0.15, 0.2) is 22.8 Å². The zero-order valence-corrected chi connectivity index (χ0v) is 18.8. The molecule has 2 aliphatic heterocycles. The molecule has 0 spiro atoms. The van der Waals surface area contributed by atoms with E-state index in [0.717, 1.165) is 37.9 Å². The van der Waals surface area contributed by atoms with Crippen molar-refractivity contribution in [2.24, 2.45) is 5.92 Å². The van der Waals surface area contributed by atoms with Crippen LogP contribution in [-0.2, 0) is 11.3 Å². The summed E-state index contributed by atoms with van der Waals surface area (Å²) < 4.78 is 4.70. The van der Waals surface area contributed by atoms with Gasteiger partial charge in [-0.3, -0.25) is 19.3 Å². The molecule has 1 aromatic carbocycles. The number of unbranched alkanes of at least 4 members (excludes halogenated alkanes) is 1. The first-order valence-corrected chi connectivity index (χ1v) is 11.2. The van der Waals surface area contributed by atoms with Gasteiger partial charge in [0.25, 0.3) is 11.8 Å². The van der Waals surface area contributed by atoms with Crippen molar-refractivity contribution in [2.45, 2.75) is 46.1 Å². The maximum atomic E-state index is 13.2. The number of benzene rings is 1. The maximum Gasteiger partial charge on any atom is 0.264 e. The van der Waals surface area contributed by atoms with E-state index in [1.54, 1.807) is 13.0 Å². The summed E-state index contributed by atoms with van der Waals surface area (Å²) in [7, 11) is 1.87. The summed E-state index contributed by atoms with van der Waals surface area (Å²) in [5.74, 6) is -0.468. The van der Waals surface area contributed by atoms with E-state index < -0.39 is 0 Å². The van der Waals surface area contributed by atoms with Crippen LogP contribution in [0.1, 0.15) is 64.7 Å². The number of carbonyl (C=O) groups excluding carboxylic acids is 3. The minimum Gasteiger partial charge on any atom is -0.371 e. The Morgan fingerprint density at radius 2 is 1.94 bits per heavy atom. The number of aromatic nitrogens is 2. The number of piperidine rings is 1. The third-order valence-corrected chi connectivity index (χ3v) is 6.44. The van der Waals surface area contributed by atoms with Gasteiger partial charge in [0, 0.05) is 32.6 Å². The quantitative estimate of drug-likeness (QED) is 0.612. The highest BCUT2D eigenvalue weighted by Crippen LogP contribution is 2.34. The molecule has 2 aliphatic rings. The van der Waals surface area contributed by atoms with Crippen LogP contribution in [0.25, 0.3) is 0 Å². The first-order chi connectivity index (χ1) is 15.4. The number of carbonyl (C=O) groups is 3.